The summed E-state index contributed by atoms with van der Waals surface area (Å²) in [7, 11) is 0. The minimum absolute atomic E-state index is 0.661. The summed E-state index contributed by atoms with van der Waals surface area (Å²) in [5, 5.41) is 13.7. The highest BCUT2D eigenvalue weighted by molar-refractivity contribution is 5.85. The molecule has 2 fully saturated rings. The monoisotopic (exact) mass is 417 g/mol. The number of benzene rings is 2. The maximum Gasteiger partial charge on any atom is 0.314 e. The molecule has 2 aliphatic rings. The van der Waals surface area contributed by atoms with Gasteiger partial charge in [0.2, 0.25) is 0 Å². The van der Waals surface area contributed by atoms with Crippen LogP contribution in [-0.2, 0) is 21.4 Å². The van der Waals surface area contributed by atoms with Crippen molar-refractivity contribution in [1.82, 2.24) is 5.16 Å². The largest absolute Gasteiger partial charge is 0.481 e. The minimum atomic E-state index is -0.722. The van der Waals surface area contributed by atoms with Crippen molar-refractivity contribution in [3.05, 3.63) is 65.4 Å². The van der Waals surface area contributed by atoms with E-state index in [2.05, 4.69) is 29.4 Å². The van der Waals surface area contributed by atoms with E-state index in [0.29, 0.717) is 6.61 Å². The van der Waals surface area contributed by atoms with Gasteiger partial charge in [0.15, 0.2) is 5.76 Å². The van der Waals surface area contributed by atoms with Crippen molar-refractivity contribution in [3.63, 3.8) is 0 Å². The lowest BCUT2D eigenvalue weighted by molar-refractivity contribution is -0.140. The summed E-state index contributed by atoms with van der Waals surface area (Å²) < 4.78 is 11.4. The van der Waals surface area contributed by atoms with Gasteiger partial charge in [0, 0.05) is 24.2 Å². The number of nitrogens with zero attached hydrogens (tertiary/aromatic N) is 1. The van der Waals surface area contributed by atoms with Crippen LogP contribution in [0.3, 0.4) is 0 Å². The van der Waals surface area contributed by atoms with Crippen LogP contribution in [0.2, 0.25) is 0 Å². The van der Waals surface area contributed by atoms with Gasteiger partial charge in [0.05, 0.1) is 17.7 Å². The maximum atomic E-state index is 11.5. The number of carboxylic acids is 1. The predicted molar refractivity (Wildman–Crippen MR) is 118 cm³/mol. The summed E-state index contributed by atoms with van der Waals surface area (Å²) in [4.78, 5) is 11.5. The third-order valence-corrected chi connectivity index (χ3v) is 6.61. The Bertz CT molecular complexity index is 1070. The Morgan fingerprint density at radius 2 is 1.68 bits per heavy atom. The third kappa shape index (κ3) is 4.02. The molecule has 5 nitrogen and oxygen atoms in total. The van der Waals surface area contributed by atoms with E-state index >= 15 is 0 Å². The molecule has 0 aliphatic heterocycles. The molecular formula is C26H27NO4. The van der Waals surface area contributed by atoms with Gasteiger partial charge in [-0.2, -0.15) is 0 Å². The van der Waals surface area contributed by atoms with Crippen molar-refractivity contribution in [2.75, 3.05) is 13.2 Å². The number of carbonyl (C=O) groups is 1. The zero-order valence-electron chi connectivity index (χ0n) is 17.8. The maximum absolute atomic E-state index is 11.5. The summed E-state index contributed by atoms with van der Waals surface area (Å²) in [5.74, 6) is 0.857. The summed E-state index contributed by atoms with van der Waals surface area (Å²) >= 11 is 0. The molecule has 31 heavy (non-hydrogen) atoms. The van der Waals surface area contributed by atoms with Crippen LogP contribution >= 0.6 is 0 Å². The summed E-state index contributed by atoms with van der Waals surface area (Å²) in [5.41, 5.74) is 5.41. The van der Waals surface area contributed by atoms with E-state index in [0.717, 1.165) is 71.1 Å². The molecule has 2 aromatic carbocycles. The first-order valence-electron chi connectivity index (χ1n) is 11.0. The number of rotatable bonds is 9. The molecule has 3 aromatic rings. The normalized spacial score (nSPS) is 16.9. The molecule has 0 amide bonds. The Morgan fingerprint density at radius 1 is 1.06 bits per heavy atom. The van der Waals surface area contributed by atoms with Gasteiger partial charge in [0.1, 0.15) is 0 Å². The minimum Gasteiger partial charge on any atom is -0.481 e. The third-order valence-electron chi connectivity index (χ3n) is 6.61. The first-order chi connectivity index (χ1) is 15.1. The van der Waals surface area contributed by atoms with Gasteiger partial charge in [-0.3, -0.25) is 4.79 Å². The van der Waals surface area contributed by atoms with Crippen molar-refractivity contribution in [2.45, 2.75) is 44.4 Å². The standard InChI is InChI=1S/C26H27NO4/c1-17-23(12-15-30-16-18-2-3-18)24(31-27-17)21-6-4-19(5-7-21)20-8-10-22(11-9-20)26(13-14-26)25(28)29/h4-11,18H,2-3,12-16H2,1H3,(H,28,29). The lowest BCUT2D eigenvalue weighted by Crippen LogP contribution is -2.19. The average molecular weight is 418 g/mol. The molecular weight excluding hydrogens is 390 g/mol. The van der Waals surface area contributed by atoms with Gasteiger partial charge in [-0.25, -0.2) is 0 Å². The van der Waals surface area contributed by atoms with E-state index in [9.17, 15) is 9.90 Å². The lowest BCUT2D eigenvalue weighted by Gasteiger charge is -2.11. The van der Waals surface area contributed by atoms with E-state index < -0.39 is 11.4 Å². The topological polar surface area (TPSA) is 72.6 Å². The van der Waals surface area contributed by atoms with Crippen molar-refractivity contribution >= 4 is 5.97 Å². The molecule has 1 aromatic heterocycles. The summed E-state index contributed by atoms with van der Waals surface area (Å²) in [6.45, 7) is 3.53. The van der Waals surface area contributed by atoms with Crippen LogP contribution in [0, 0.1) is 12.8 Å². The molecule has 0 radical (unpaired) electrons. The number of aliphatic carboxylic acids is 1. The molecule has 0 spiro atoms. The Kier molecular flexibility index (Phi) is 5.14. The molecule has 5 rings (SSSR count). The van der Waals surface area contributed by atoms with Crippen LogP contribution in [-0.4, -0.2) is 29.4 Å². The van der Waals surface area contributed by atoms with E-state index in [-0.39, 0.29) is 0 Å². The van der Waals surface area contributed by atoms with Crippen LogP contribution in [0.15, 0.2) is 53.1 Å². The molecule has 0 atom stereocenters. The van der Waals surface area contributed by atoms with Crippen molar-refractivity contribution in [2.24, 2.45) is 5.92 Å². The van der Waals surface area contributed by atoms with E-state index in [1.807, 2.05) is 31.2 Å². The van der Waals surface area contributed by atoms with Gasteiger partial charge in [-0.05, 0) is 55.2 Å². The van der Waals surface area contributed by atoms with Crippen LogP contribution in [0.1, 0.15) is 42.5 Å². The highest BCUT2D eigenvalue weighted by atomic mass is 16.5. The first-order valence-corrected chi connectivity index (χ1v) is 11.0. The number of carboxylic acid groups (broad SMARTS) is 1. The molecule has 1 heterocycles. The van der Waals surface area contributed by atoms with Gasteiger partial charge < -0.3 is 14.4 Å². The molecule has 0 saturated heterocycles. The number of aromatic nitrogens is 1. The van der Waals surface area contributed by atoms with Gasteiger partial charge >= 0.3 is 5.97 Å². The number of aryl methyl sites for hydroxylation is 1. The zero-order chi connectivity index (χ0) is 21.4. The molecule has 2 saturated carbocycles. The van der Waals surface area contributed by atoms with Crippen LogP contribution in [0.25, 0.3) is 22.5 Å². The smallest absolute Gasteiger partial charge is 0.314 e. The second-order valence-electron chi connectivity index (χ2n) is 8.89. The molecule has 160 valence electrons. The van der Waals surface area contributed by atoms with E-state index in [1.54, 1.807) is 0 Å². The summed E-state index contributed by atoms with van der Waals surface area (Å²) in [6.07, 6.45) is 4.84. The Labute approximate surface area is 182 Å². The Morgan fingerprint density at radius 3 is 2.26 bits per heavy atom. The summed E-state index contributed by atoms with van der Waals surface area (Å²) in [6, 6.07) is 16.2. The average Bonchev–Trinajstić information content (AvgIpc) is 3.71. The highest BCUT2D eigenvalue weighted by Crippen LogP contribution is 2.48. The van der Waals surface area contributed by atoms with Gasteiger partial charge in [-0.1, -0.05) is 53.7 Å². The quantitative estimate of drug-likeness (QED) is 0.472. The zero-order valence-corrected chi connectivity index (χ0v) is 17.8. The molecule has 0 unspecified atom stereocenters. The fourth-order valence-corrected chi connectivity index (χ4v) is 4.17. The van der Waals surface area contributed by atoms with E-state index in [4.69, 9.17) is 9.26 Å². The lowest BCUT2D eigenvalue weighted by atomic mass is 9.93. The van der Waals surface area contributed by atoms with Crippen LogP contribution in [0.4, 0.5) is 0 Å². The molecule has 0 bridgehead atoms. The predicted octanol–water partition coefficient (Wildman–Crippen LogP) is 5.40. The van der Waals surface area contributed by atoms with Crippen molar-refractivity contribution in [3.8, 4) is 22.5 Å². The fourth-order valence-electron chi connectivity index (χ4n) is 4.17. The second-order valence-corrected chi connectivity index (χ2v) is 8.89. The first kappa shape index (κ1) is 20.0. The van der Waals surface area contributed by atoms with Crippen molar-refractivity contribution < 1.29 is 19.2 Å². The Hall–Kier alpha value is -2.92. The second kappa shape index (κ2) is 7.97. The molecule has 2 aliphatic carbocycles. The number of hydrogen-bond donors (Lipinski definition) is 1. The van der Waals surface area contributed by atoms with Gasteiger partial charge in [0.25, 0.3) is 0 Å². The van der Waals surface area contributed by atoms with E-state index in [1.165, 1.54) is 12.8 Å². The number of ether oxygens (including phenoxy) is 1. The Balaban J connectivity index is 1.29. The molecule has 1 N–H and O–H groups in total. The van der Waals surface area contributed by atoms with Crippen molar-refractivity contribution in [1.29, 1.82) is 0 Å². The van der Waals surface area contributed by atoms with Crippen LogP contribution in [0.5, 0.6) is 0 Å². The molecule has 5 heteroatoms. The SMILES string of the molecule is Cc1noc(-c2ccc(-c3ccc(C4(C(=O)O)CC4)cc3)cc2)c1CCOCC1CC1. The van der Waals surface area contributed by atoms with Crippen LogP contribution < -0.4 is 0 Å². The highest BCUT2D eigenvalue weighted by Gasteiger charge is 2.51. The van der Waals surface area contributed by atoms with Gasteiger partial charge in [-0.15, -0.1) is 0 Å². The number of hydrogen-bond acceptors (Lipinski definition) is 4. The fraction of sp³-hybridized carbons (Fsp3) is 0.385.